The third kappa shape index (κ3) is 2.45. The van der Waals surface area contributed by atoms with Gasteiger partial charge in [-0.25, -0.2) is 10.4 Å². The first-order valence-corrected chi connectivity index (χ1v) is 8.04. The second kappa shape index (κ2) is 5.48. The molecule has 1 N–H and O–H groups in total. The molecule has 0 aromatic rings. The topological polar surface area (TPSA) is 18.5 Å². The van der Waals surface area contributed by atoms with Crippen LogP contribution in [0.25, 0.3) is 0 Å². The summed E-state index contributed by atoms with van der Waals surface area (Å²) in [7, 11) is 0. The van der Waals surface area contributed by atoms with E-state index in [4.69, 9.17) is 0 Å². The molecule has 3 aliphatic rings. The third-order valence-corrected chi connectivity index (χ3v) is 5.36. The molecule has 18 heavy (non-hydrogen) atoms. The van der Waals surface area contributed by atoms with E-state index in [2.05, 4.69) is 29.2 Å². The molecular formula is C15H29N3. The normalized spacial score (nSPS) is 43.0. The Morgan fingerprint density at radius 2 is 1.61 bits per heavy atom. The van der Waals surface area contributed by atoms with Crippen molar-refractivity contribution in [3.63, 3.8) is 0 Å². The quantitative estimate of drug-likeness (QED) is 0.813. The van der Waals surface area contributed by atoms with E-state index in [9.17, 15) is 0 Å². The summed E-state index contributed by atoms with van der Waals surface area (Å²) < 4.78 is 0. The van der Waals surface area contributed by atoms with Crippen molar-refractivity contribution in [1.29, 1.82) is 0 Å². The molecule has 3 saturated heterocycles. The zero-order valence-electron chi connectivity index (χ0n) is 12.1. The summed E-state index contributed by atoms with van der Waals surface area (Å²) in [5, 5.41) is 2.58. The molecule has 0 aromatic heterocycles. The predicted molar refractivity (Wildman–Crippen MR) is 75.4 cm³/mol. The third-order valence-electron chi connectivity index (χ3n) is 5.36. The summed E-state index contributed by atoms with van der Waals surface area (Å²) in [6.07, 6.45) is 9.73. The van der Waals surface area contributed by atoms with Gasteiger partial charge in [-0.15, -0.1) is 0 Å². The van der Waals surface area contributed by atoms with Crippen molar-refractivity contribution >= 4 is 0 Å². The van der Waals surface area contributed by atoms with Crippen molar-refractivity contribution in [2.24, 2.45) is 0 Å². The van der Waals surface area contributed by atoms with Crippen LogP contribution in [0.3, 0.4) is 0 Å². The molecule has 0 amide bonds. The second-order valence-electron chi connectivity index (χ2n) is 6.66. The molecule has 0 bridgehead atoms. The maximum atomic E-state index is 3.91. The van der Waals surface area contributed by atoms with E-state index in [-0.39, 0.29) is 0 Å². The number of piperidine rings is 2. The number of nitrogens with one attached hydrogen (secondary N) is 1. The number of fused-ring (bicyclic) bond motifs is 1. The molecule has 3 heterocycles. The molecule has 0 aliphatic carbocycles. The lowest BCUT2D eigenvalue weighted by molar-refractivity contribution is 0.0193. The minimum Gasteiger partial charge on any atom is -0.299 e. The molecule has 3 nitrogen and oxygen atoms in total. The summed E-state index contributed by atoms with van der Waals surface area (Å²) in [5.41, 5.74) is 3.91. The summed E-state index contributed by atoms with van der Waals surface area (Å²) in [6, 6.07) is 2.96. The van der Waals surface area contributed by atoms with Gasteiger partial charge in [0.05, 0.1) is 0 Å². The Morgan fingerprint density at radius 1 is 0.833 bits per heavy atom. The fourth-order valence-corrected chi connectivity index (χ4v) is 4.27. The zero-order valence-corrected chi connectivity index (χ0v) is 12.1. The van der Waals surface area contributed by atoms with Gasteiger partial charge in [0.1, 0.15) is 0 Å². The maximum absolute atomic E-state index is 3.91. The van der Waals surface area contributed by atoms with Crippen LogP contribution in [0.5, 0.6) is 0 Å². The first-order chi connectivity index (χ1) is 8.75. The van der Waals surface area contributed by atoms with Crippen LogP contribution in [0.2, 0.25) is 0 Å². The van der Waals surface area contributed by atoms with Gasteiger partial charge in [0, 0.05) is 30.7 Å². The molecule has 3 rings (SSSR count). The van der Waals surface area contributed by atoms with E-state index in [0.717, 1.165) is 6.04 Å². The number of nitrogens with zero attached hydrogens (tertiary/aromatic N) is 2. The second-order valence-corrected chi connectivity index (χ2v) is 6.66. The van der Waals surface area contributed by atoms with Gasteiger partial charge in [0.25, 0.3) is 0 Å². The summed E-state index contributed by atoms with van der Waals surface area (Å²) >= 11 is 0. The highest BCUT2D eigenvalue weighted by Gasteiger charge is 2.37. The lowest BCUT2D eigenvalue weighted by Gasteiger charge is -2.43. The van der Waals surface area contributed by atoms with Crippen LogP contribution in [0.1, 0.15) is 58.8 Å². The molecule has 0 saturated carbocycles. The molecule has 0 aromatic carbocycles. The fourth-order valence-electron chi connectivity index (χ4n) is 4.27. The van der Waals surface area contributed by atoms with Crippen LogP contribution in [-0.2, 0) is 0 Å². The van der Waals surface area contributed by atoms with E-state index in [0.29, 0.717) is 18.1 Å². The van der Waals surface area contributed by atoms with Crippen LogP contribution in [0, 0.1) is 0 Å². The SMILES string of the molecule is CC1CCCC(C)N1NC1CCN2CCCCC12. The van der Waals surface area contributed by atoms with Crippen molar-refractivity contribution in [3.05, 3.63) is 0 Å². The Hall–Kier alpha value is -0.120. The molecule has 3 fully saturated rings. The van der Waals surface area contributed by atoms with Gasteiger partial charge in [-0.3, -0.25) is 4.90 Å². The van der Waals surface area contributed by atoms with Gasteiger partial charge in [0.15, 0.2) is 0 Å². The fraction of sp³-hybridized carbons (Fsp3) is 1.00. The molecular weight excluding hydrogens is 222 g/mol. The molecule has 3 heteroatoms. The van der Waals surface area contributed by atoms with Crippen molar-refractivity contribution < 1.29 is 0 Å². The van der Waals surface area contributed by atoms with E-state index >= 15 is 0 Å². The average Bonchev–Trinajstić information content (AvgIpc) is 2.77. The Bertz CT molecular complexity index is 271. The molecule has 3 aliphatic heterocycles. The van der Waals surface area contributed by atoms with Crippen molar-refractivity contribution in [2.75, 3.05) is 13.1 Å². The lowest BCUT2D eigenvalue weighted by Crippen LogP contribution is -2.58. The zero-order chi connectivity index (χ0) is 12.5. The van der Waals surface area contributed by atoms with Crippen molar-refractivity contribution in [1.82, 2.24) is 15.3 Å². The van der Waals surface area contributed by atoms with Crippen molar-refractivity contribution in [2.45, 2.75) is 83.0 Å². The largest absolute Gasteiger partial charge is 0.299 e. The highest BCUT2D eigenvalue weighted by molar-refractivity contribution is 4.94. The van der Waals surface area contributed by atoms with Gasteiger partial charge in [-0.1, -0.05) is 12.8 Å². The van der Waals surface area contributed by atoms with Crippen molar-refractivity contribution in [3.8, 4) is 0 Å². The summed E-state index contributed by atoms with van der Waals surface area (Å²) in [6.45, 7) is 7.43. The Balaban J connectivity index is 1.61. The standard InChI is InChI=1S/C15H29N3/c1-12-6-5-7-13(2)18(12)16-14-9-11-17-10-4-3-8-15(14)17/h12-16H,3-11H2,1-2H3. The van der Waals surface area contributed by atoms with Crippen LogP contribution in [-0.4, -0.2) is 47.2 Å². The van der Waals surface area contributed by atoms with Gasteiger partial charge in [-0.2, -0.15) is 0 Å². The number of hydrogen-bond donors (Lipinski definition) is 1. The van der Waals surface area contributed by atoms with Crippen LogP contribution in [0.15, 0.2) is 0 Å². The maximum Gasteiger partial charge on any atom is 0.0383 e. The highest BCUT2D eigenvalue weighted by Crippen LogP contribution is 2.29. The smallest absolute Gasteiger partial charge is 0.0383 e. The molecule has 0 spiro atoms. The molecule has 4 unspecified atom stereocenters. The van der Waals surface area contributed by atoms with Gasteiger partial charge < -0.3 is 0 Å². The number of rotatable bonds is 2. The van der Waals surface area contributed by atoms with Gasteiger partial charge >= 0.3 is 0 Å². The minimum atomic E-state index is 0.714. The average molecular weight is 251 g/mol. The Kier molecular flexibility index (Phi) is 3.92. The molecule has 0 radical (unpaired) electrons. The van der Waals surface area contributed by atoms with Crippen LogP contribution < -0.4 is 5.43 Å². The summed E-state index contributed by atoms with van der Waals surface area (Å²) in [5.74, 6) is 0. The van der Waals surface area contributed by atoms with E-state index < -0.39 is 0 Å². The monoisotopic (exact) mass is 251 g/mol. The number of hydrogen-bond acceptors (Lipinski definition) is 3. The van der Waals surface area contributed by atoms with E-state index in [1.54, 1.807) is 0 Å². The lowest BCUT2D eigenvalue weighted by atomic mass is 9.97. The predicted octanol–water partition coefficient (Wildman–Crippen LogP) is 2.38. The van der Waals surface area contributed by atoms with Crippen LogP contribution >= 0.6 is 0 Å². The number of hydrazine groups is 1. The first-order valence-electron chi connectivity index (χ1n) is 8.04. The van der Waals surface area contributed by atoms with Crippen LogP contribution in [0.4, 0.5) is 0 Å². The Labute approximate surface area is 112 Å². The molecule has 104 valence electrons. The summed E-state index contributed by atoms with van der Waals surface area (Å²) in [4.78, 5) is 2.72. The Morgan fingerprint density at radius 3 is 2.39 bits per heavy atom. The van der Waals surface area contributed by atoms with E-state index in [1.165, 1.54) is 58.0 Å². The minimum absolute atomic E-state index is 0.714. The van der Waals surface area contributed by atoms with Gasteiger partial charge in [-0.05, 0) is 52.5 Å². The van der Waals surface area contributed by atoms with Gasteiger partial charge in [0.2, 0.25) is 0 Å². The van der Waals surface area contributed by atoms with E-state index in [1.807, 2.05) is 0 Å². The molecule has 4 atom stereocenters. The first kappa shape index (κ1) is 12.9. The highest BCUT2D eigenvalue weighted by atomic mass is 15.6.